The number of rotatable bonds is 6. The van der Waals surface area contributed by atoms with Crippen molar-refractivity contribution in [1.82, 2.24) is 4.90 Å². The van der Waals surface area contributed by atoms with Gasteiger partial charge in [0.05, 0.1) is 11.8 Å². The fraction of sp³-hybridized carbons (Fsp3) is 0.600. The van der Waals surface area contributed by atoms with Crippen LogP contribution in [0.3, 0.4) is 0 Å². The minimum Gasteiger partial charge on any atom is -0.451 e. The molecule has 8 nitrogen and oxygen atoms in total. The monoisotopic (exact) mass is 455 g/mol. The molecule has 2 heterocycles. The Bertz CT molecular complexity index is 885. The number of ether oxygens (including phenoxy) is 1. The summed E-state index contributed by atoms with van der Waals surface area (Å²) in [6.45, 7) is 5.05. The number of benzene rings is 1. The quantitative estimate of drug-likeness (QED) is 0.523. The van der Waals surface area contributed by atoms with Gasteiger partial charge in [0.25, 0.3) is 5.91 Å². The number of carbonyl (C=O) groups is 4. The zero-order chi connectivity index (χ0) is 23.5. The van der Waals surface area contributed by atoms with Crippen LogP contribution in [0.15, 0.2) is 24.3 Å². The average Bonchev–Trinajstić information content (AvgIpc) is 3.09. The lowest BCUT2D eigenvalue weighted by Crippen LogP contribution is -2.46. The van der Waals surface area contributed by atoms with Crippen LogP contribution in [0.1, 0.15) is 58.8 Å². The summed E-state index contributed by atoms with van der Waals surface area (Å²) < 4.78 is 5.32. The topological polar surface area (TPSA) is 96.0 Å². The molecule has 1 saturated carbocycles. The highest BCUT2D eigenvalue weighted by atomic mass is 16.5. The number of piperidine rings is 1. The van der Waals surface area contributed by atoms with E-state index in [0.717, 1.165) is 36.5 Å². The lowest BCUT2D eigenvalue weighted by atomic mass is 9.81. The van der Waals surface area contributed by atoms with E-state index in [1.807, 2.05) is 24.3 Å². The Kier molecular flexibility index (Phi) is 7.00. The van der Waals surface area contributed by atoms with Crippen LogP contribution < -0.4 is 10.2 Å². The number of nitrogens with one attached hydrogen (secondary N) is 1. The molecule has 1 aromatic rings. The molecule has 0 aromatic heterocycles. The first-order valence-electron chi connectivity index (χ1n) is 12.1. The maximum Gasteiger partial charge on any atom is 0.329 e. The summed E-state index contributed by atoms with van der Waals surface area (Å²) in [5.74, 6) is -2.45. The van der Waals surface area contributed by atoms with Crippen LogP contribution in [-0.2, 0) is 23.9 Å². The smallest absolute Gasteiger partial charge is 0.329 e. The molecule has 3 aliphatic rings. The summed E-state index contributed by atoms with van der Waals surface area (Å²) in [5, 5.41) is 2.76. The van der Waals surface area contributed by atoms with Crippen molar-refractivity contribution >= 4 is 35.1 Å². The average molecular weight is 456 g/mol. The van der Waals surface area contributed by atoms with Gasteiger partial charge in [-0.25, -0.2) is 4.79 Å². The molecule has 178 valence electrons. The third-order valence-electron chi connectivity index (χ3n) is 7.12. The second-order valence-electron chi connectivity index (χ2n) is 9.38. The van der Waals surface area contributed by atoms with Crippen molar-refractivity contribution in [2.45, 2.75) is 70.9 Å². The molecular formula is C25H33N3O5. The van der Waals surface area contributed by atoms with Gasteiger partial charge in [0.2, 0.25) is 11.8 Å². The summed E-state index contributed by atoms with van der Waals surface area (Å²) in [7, 11) is 0. The predicted molar refractivity (Wildman–Crippen MR) is 123 cm³/mol. The summed E-state index contributed by atoms with van der Waals surface area (Å²) >= 11 is 0. The fourth-order valence-corrected chi connectivity index (χ4v) is 5.15. The highest BCUT2D eigenvalue weighted by Gasteiger charge is 2.51. The Morgan fingerprint density at radius 3 is 2.06 bits per heavy atom. The standard InChI is InChI=1S/C25H33N3O5/c1-16(28-23(30)20-8-4-5-9-21(20)24(28)31)25(32)33-17(2)22(29)26-18-10-12-19(13-11-18)27-14-6-3-7-15-27/h10-13,16-17,20-21H,3-9,14-15H2,1-2H3,(H,26,29)/t16-,17-,20-,21+/m0/s1. The van der Waals surface area contributed by atoms with Crippen molar-refractivity contribution < 1.29 is 23.9 Å². The van der Waals surface area contributed by atoms with E-state index in [9.17, 15) is 19.2 Å². The first-order chi connectivity index (χ1) is 15.9. The Morgan fingerprint density at radius 1 is 0.909 bits per heavy atom. The Labute approximate surface area is 194 Å². The zero-order valence-electron chi connectivity index (χ0n) is 19.4. The third-order valence-corrected chi connectivity index (χ3v) is 7.12. The van der Waals surface area contributed by atoms with Crippen molar-refractivity contribution in [3.05, 3.63) is 24.3 Å². The van der Waals surface area contributed by atoms with Crippen molar-refractivity contribution in [1.29, 1.82) is 0 Å². The van der Waals surface area contributed by atoms with Crippen LogP contribution in [0, 0.1) is 11.8 Å². The van der Waals surface area contributed by atoms with Crippen molar-refractivity contribution in [3.8, 4) is 0 Å². The SMILES string of the molecule is C[C@H](OC(=O)[C@H](C)N1C(=O)[C@H]2CCCC[C@H]2C1=O)C(=O)Nc1ccc(N2CCCCC2)cc1. The largest absolute Gasteiger partial charge is 0.451 e. The summed E-state index contributed by atoms with van der Waals surface area (Å²) in [4.78, 5) is 54.0. The van der Waals surface area contributed by atoms with Crippen molar-refractivity contribution in [2.24, 2.45) is 11.8 Å². The van der Waals surface area contributed by atoms with Crippen LogP contribution in [0.5, 0.6) is 0 Å². The lowest BCUT2D eigenvalue weighted by molar-refractivity contribution is -0.163. The highest BCUT2D eigenvalue weighted by Crippen LogP contribution is 2.39. The highest BCUT2D eigenvalue weighted by molar-refractivity contribution is 6.08. The molecule has 4 rings (SSSR count). The van der Waals surface area contributed by atoms with E-state index in [4.69, 9.17) is 4.74 Å². The molecule has 0 bridgehead atoms. The van der Waals surface area contributed by atoms with Gasteiger partial charge in [-0.1, -0.05) is 12.8 Å². The molecule has 1 N–H and O–H groups in total. The van der Waals surface area contributed by atoms with E-state index in [1.54, 1.807) is 0 Å². The van der Waals surface area contributed by atoms with E-state index in [0.29, 0.717) is 18.5 Å². The molecule has 0 radical (unpaired) electrons. The number of esters is 1. The molecular weight excluding hydrogens is 422 g/mol. The molecule has 2 saturated heterocycles. The van der Waals surface area contributed by atoms with Crippen LogP contribution in [-0.4, -0.2) is 53.8 Å². The van der Waals surface area contributed by atoms with Crippen LogP contribution in [0.2, 0.25) is 0 Å². The van der Waals surface area contributed by atoms with Gasteiger partial charge in [0.1, 0.15) is 6.04 Å². The van der Waals surface area contributed by atoms with Crippen LogP contribution >= 0.6 is 0 Å². The molecule has 0 unspecified atom stereocenters. The fourth-order valence-electron chi connectivity index (χ4n) is 5.15. The van der Waals surface area contributed by atoms with Gasteiger partial charge < -0.3 is 15.0 Å². The minimum atomic E-state index is -1.06. The van der Waals surface area contributed by atoms with Crippen molar-refractivity contribution in [2.75, 3.05) is 23.3 Å². The number of likely N-dealkylation sites (tertiary alicyclic amines) is 1. The van der Waals surface area contributed by atoms with Crippen molar-refractivity contribution in [3.63, 3.8) is 0 Å². The first kappa shape index (κ1) is 23.3. The molecule has 3 amide bonds. The van der Waals surface area contributed by atoms with Gasteiger partial charge in [-0.05, 0) is 70.2 Å². The van der Waals surface area contributed by atoms with Gasteiger partial charge in [0.15, 0.2) is 6.10 Å². The van der Waals surface area contributed by atoms with Gasteiger partial charge in [-0.3, -0.25) is 19.3 Å². The minimum absolute atomic E-state index is 0.292. The maximum absolute atomic E-state index is 12.7. The normalized spacial score (nSPS) is 24.8. The maximum atomic E-state index is 12.7. The zero-order valence-corrected chi connectivity index (χ0v) is 19.4. The number of hydrogen-bond donors (Lipinski definition) is 1. The van der Waals surface area contributed by atoms with Gasteiger partial charge >= 0.3 is 5.97 Å². The number of nitrogens with zero attached hydrogens (tertiary/aromatic N) is 2. The van der Waals surface area contributed by atoms with Gasteiger partial charge in [-0.15, -0.1) is 0 Å². The number of imide groups is 1. The number of carbonyl (C=O) groups excluding carboxylic acids is 4. The third kappa shape index (κ3) is 4.89. The lowest BCUT2D eigenvalue weighted by Gasteiger charge is -2.28. The first-order valence-corrected chi connectivity index (χ1v) is 12.1. The molecule has 4 atom stereocenters. The predicted octanol–water partition coefficient (Wildman–Crippen LogP) is 3.11. The van der Waals surface area contributed by atoms with Crippen LogP contribution in [0.4, 0.5) is 11.4 Å². The molecule has 3 fully saturated rings. The Balaban J connectivity index is 1.31. The number of anilines is 2. The molecule has 8 heteroatoms. The second-order valence-corrected chi connectivity index (χ2v) is 9.38. The molecule has 1 aromatic carbocycles. The second kappa shape index (κ2) is 9.93. The van der Waals surface area contributed by atoms with Crippen LogP contribution in [0.25, 0.3) is 0 Å². The summed E-state index contributed by atoms with van der Waals surface area (Å²) in [6, 6.07) is 6.58. The van der Waals surface area contributed by atoms with E-state index in [1.165, 1.54) is 33.1 Å². The molecule has 2 aliphatic heterocycles. The van der Waals surface area contributed by atoms with Gasteiger partial charge in [0, 0.05) is 24.5 Å². The Hall–Kier alpha value is -2.90. The molecule has 0 spiro atoms. The summed E-state index contributed by atoms with van der Waals surface area (Å²) in [6.07, 6.45) is 5.79. The Morgan fingerprint density at radius 2 is 1.48 bits per heavy atom. The molecule has 33 heavy (non-hydrogen) atoms. The van der Waals surface area contributed by atoms with E-state index >= 15 is 0 Å². The van der Waals surface area contributed by atoms with E-state index in [2.05, 4.69) is 10.2 Å². The number of amides is 3. The number of hydrogen-bond acceptors (Lipinski definition) is 6. The summed E-state index contributed by atoms with van der Waals surface area (Å²) in [5.41, 5.74) is 1.74. The van der Waals surface area contributed by atoms with E-state index < -0.39 is 24.0 Å². The molecule has 1 aliphatic carbocycles. The number of fused-ring (bicyclic) bond motifs is 1. The van der Waals surface area contributed by atoms with Gasteiger partial charge in [-0.2, -0.15) is 0 Å². The van der Waals surface area contributed by atoms with E-state index in [-0.39, 0.29) is 23.7 Å².